The van der Waals surface area contributed by atoms with Crippen molar-refractivity contribution in [3.63, 3.8) is 0 Å². The Morgan fingerprint density at radius 1 is 1.33 bits per heavy atom. The largest absolute Gasteiger partial charge is 0.455 e. The van der Waals surface area contributed by atoms with Crippen molar-refractivity contribution in [2.24, 2.45) is 7.05 Å². The fraction of sp³-hybridized carbons (Fsp3) is 0.118. The maximum Gasteiger partial charge on any atom is 0.275 e. The minimum Gasteiger partial charge on any atom is -0.455 e. The third-order valence-electron chi connectivity index (χ3n) is 3.59. The minimum atomic E-state index is -0.576. The Kier molecular flexibility index (Phi) is 5.04. The fourth-order valence-corrected chi connectivity index (χ4v) is 2.68. The highest BCUT2D eigenvalue weighted by Gasteiger charge is 2.20. The molecule has 0 aliphatic carbocycles. The molecule has 1 aromatic carbocycles. The zero-order valence-electron chi connectivity index (χ0n) is 14.3. The first-order chi connectivity index (χ1) is 12.8. The number of ether oxygens (including phenoxy) is 1. The molecule has 0 atom stereocenters. The molecule has 0 saturated heterocycles. The molecule has 0 spiro atoms. The predicted molar refractivity (Wildman–Crippen MR) is 98.3 cm³/mol. The van der Waals surface area contributed by atoms with E-state index < -0.39 is 10.8 Å². The van der Waals surface area contributed by atoms with Crippen LogP contribution < -0.4 is 10.1 Å². The van der Waals surface area contributed by atoms with Gasteiger partial charge in [0.05, 0.1) is 33.6 Å². The number of benzene rings is 1. The Morgan fingerprint density at radius 3 is 2.70 bits per heavy atom. The Labute approximate surface area is 158 Å². The van der Waals surface area contributed by atoms with Crippen LogP contribution in [0.15, 0.2) is 42.7 Å². The molecular formula is C17H14ClN5O4. The molecule has 0 aliphatic heterocycles. The van der Waals surface area contributed by atoms with Gasteiger partial charge in [0.2, 0.25) is 0 Å². The van der Waals surface area contributed by atoms with Gasteiger partial charge in [-0.05, 0) is 19.1 Å². The summed E-state index contributed by atoms with van der Waals surface area (Å²) in [5, 5.41) is 18.1. The van der Waals surface area contributed by atoms with Crippen molar-refractivity contribution in [3.8, 4) is 11.5 Å². The number of hydrogen-bond acceptors (Lipinski definition) is 6. The normalized spacial score (nSPS) is 10.5. The van der Waals surface area contributed by atoms with Gasteiger partial charge in [0.15, 0.2) is 0 Å². The van der Waals surface area contributed by atoms with Crippen molar-refractivity contribution in [2.75, 3.05) is 5.32 Å². The Bertz CT molecular complexity index is 1020. The summed E-state index contributed by atoms with van der Waals surface area (Å²) in [6.45, 7) is 1.67. The van der Waals surface area contributed by atoms with E-state index in [2.05, 4.69) is 15.4 Å². The van der Waals surface area contributed by atoms with Gasteiger partial charge in [-0.15, -0.1) is 0 Å². The number of halogens is 1. The lowest BCUT2D eigenvalue weighted by molar-refractivity contribution is -0.384. The predicted octanol–water partition coefficient (Wildman–Crippen LogP) is 3.73. The van der Waals surface area contributed by atoms with Crippen molar-refractivity contribution < 1.29 is 14.5 Å². The molecule has 3 rings (SSSR count). The van der Waals surface area contributed by atoms with Crippen LogP contribution in [0.3, 0.4) is 0 Å². The quantitative estimate of drug-likeness (QED) is 0.527. The molecule has 0 aliphatic rings. The van der Waals surface area contributed by atoms with Crippen molar-refractivity contribution in [3.05, 3.63) is 69.3 Å². The van der Waals surface area contributed by atoms with E-state index >= 15 is 0 Å². The average molecular weight is 388 g/mol. The lowest BCUT2D eigenvalue weighted by Crippen LogP contribution is -2.16. The highest BCUT2D eigenvalue weighted by molar-refractivity contribution is 6.34. The van der Waals surface area contributed by atoms with Crippen LogP contribution >= 0.6 is 11.6 Å². The third-order valence-corrected chi connectivity index (χ3v) is 4.05. The van der Waals surface area contributed by atoms with E-state index in [9.17, 15) is 14.9 Å². The number of nitrogens with zero attached hydrogens (tertiary/aromatic N) is 4. The van der Waals surface area contributed by atoms with Crippen LogP contribution in [0.5, 0.6) is 11.5 Å². The highest BCUT2D eigenvalue weighted by atomic mass is 35.5. The molecule has 2 heterocycles. The number of nitro groups is 1. The van der Waals surface area contributed by atoms with E-state index in [0.29, 0.717) is 11.4 Å². The number of nitro benzene ring substituents is 1. The van der Waals surface area contributed by atoms with Gasteiger partial charge in [-0.2, -0.15) is 5.10 Å². The second-order valence-electron chi connectivity index (χ2n) is 5.59. The standard InChI is InChI=1S/C17H14ClN5O4/c1-10-15(18)16(22(2)21-10)17(24)20-11-6-12(23(25)26)8-14(7-11)27-13-4-3-5-19-9-13/h3-9H,1-2H3,(H,20,24). The SMILES string of the molecule is Cc1nn(C)c(C(=O)Nc2cc(Oc3cccnc3)cc([N+](=O)[O-])c2)c1Cl. The monoisotopic (exact) mass is 387 g/mol. The minimum absolute atomic E-state index is 0.149. The van der Waals surface area contributed by atoms with E-state index in [4.69, 9.17) is 16.3 Å². The number of nitrogens with one attached hydrogen (secondary N) is 1. The molecule has 0 bridgehead atoms. The number of carbonyl (C=O) groups excluding carboxylic acids is 1. The summed E-state index contributed by atoms with van der Waals surface area (Å²) in [5.74, 6) is 0.0382. The van der Waals surface area contributed by atoms with Crippen LogP contribution in [0.25, 0.3) is 0 Å². The van der Waals surface area contributed by atoms with Crippen molar-refractivity contribution in [1.82, 2.24) is 14.8 Å². The molecule has 138 valence electrons. The average Bonchev–Trinajstić information content (AvgIpc) is 2.87. The van der Waals surface area contributed by atoms with Crippen LogP contribution in [0.1, 0.15) is 16.2 Å². The van der Waals surface area contributed by atoms with Gasteiger partial charge in [0, 0.05) is 25.4 Å². The van der Waals surface area contributed by atoms with E-state index in [1.54, 1.807) is 32.3 Å². The topological polar surface area (TPSA) is 112 Å². The summed E-state index contributed by atoms with van der Waals surface area (Å²) in [4.78, 5) is 27.1. The second-order valence-corrected chi connectivity index (χ2v) is 5.97. The zero-order chi connectivity index (χ0) is 19.6. The molecule has 0 unspecified atom stereocenters. The number of non-ortho nitro benzene ring substituents is 1. The number of amides is 1. The van der Waals surface area contributed by atoms with Gasteiger partial charge in [0.1, 0.15) is 17.2 Å². The smallest absolute Gasteiger partial charge is 0.275 e. The van der Waals surface area contributed by atoms with Crippen molar-refractivity contribution in [2.45, 2.75) is 6.92 Å². The summed E-state index contributed by atoms with van der Waals surface area (Å²) in [5.41, 5.74) is 0.598. The lowest BCUT2D eigenvalue weighted by Gasteiger charge is -2.09. The van der Waals surface area contributed by atoms with Gasteiger partial charge in [-0.25, -0.2) is 0 Å². The third kappa shape index (κ3) is 4.04. The molecule has 1 N–H and O–H groups in total. The van der Waals surface area contributed by atoms with E-state index in [-0.39, 0.29) is 27.8 Å². The maximum atomic E-state index is 12.5. The number of anilines is 1. The molecule has 1 amide bonds. The number of rotatable bonds is 5. The molecule has 27 heavy (non-hydrogen) atoms. The molecule has 10 heteroatoms. The molecular weight excluding hydrogens is 374 g/mol. The molecule has 0 saturated carbocycles. The maximum absolute atomic E-state index is 12.5. The summed E-state index contributed by atoms with van der Waals surface area (Å²) in [6, 6.07) is 7.27. The fourth-order valence-electron chi connectivity index (χ4n) is 2.43. The van der Waals surface area contributed by atoms with Gasteiger partial charge in [-0.1, -0.05) is 11.6 Å². The summed E-state index contributed by atoms with van der Waals surface area (Å²) in [7, 11) is 1.58. The number of aryl methyl sites for hydroxylation is 2. The first kappa shape index (κ1) is 18.3. The van der Waals surface area contributed by atoms with Gasteiger partial charge in [0.25, 0.3) is 11.6 Å². The van der Waals surface area contributed by atoms with Gasteiger partial charge in [-0.3, -0.25) is 24.6 Å². The molecule has 2 aromatic heterocycles. The van der Waals surface area contributed by atoms with Crippen LogP contribution in [0.4, 0.5) is 11.4 Å². The van der Waals surface area contributed by atoms with Crippen LogP contribution in [0, 0.1) is 17.0 Å². The van der Waals surface area contributed by atoms with Gasteiger partial charge < -0.3 is 10.1 Å². The van der Waals surface area contributed by atoms with E-state index in [1.807, 2.05) is 0 Å². The van der Waals surface area contributed by atoms with Crippen molar-refractivity contribution >= 4 is 28.9 Å². The van der Waals surface area contributed by atoms with Crippen LogP contribution in [-0.4, -0.2) is 25.6 Å². The second kappa shape index (κ2) is 7.42. The van der Waals surface area contributed by atoms with E-state index in [0.717, 1.165) is 0 Å². The molecule has 3 aromatic rings. The van der Waals surface area contributed by atoms with E-state index in [1.165, 1.54) is 29.1 Å². The molecule has 0 fully saturated rings. The Morgan fingerprint density at radius 2 is 2.11 bits per heavy atom. The Balaban J connectivity index is 1.92. The highest BCUT2D eigenvalue weighted by Crippen LogP contribution is 2.30. The summed E-state index contributed by atoms with van der Waals surface area (Å²) < 4.78 is 6.93. The lowest BCUT2D eigenvalue weighted by atomic mass is 10.2. The number of carbonyl (C=O) groups is 1. The van der Waals surface area contributed by atoms with Crippen molar-refractivity contribution in [1.29, 1.82) is 0 Å². The molecule has 9 nitrogen and oxygen atoms in total. The number of hydrogen-bond donors (Lipinski definition) is 1. The first-order valence-corrected chi connectivity index (χ1v) is 8.10. The summed E-state index contributed by atoms with van der Waals surface area (Å²) >= 11 is 6.11. The van der Waals surface area contributed by atoms with Crippen LogP contribution in [-0.2, 0) is 7.05 Å². The van der Waals surface area contributed by atoms with Crippen LogP contribution in [0.2, 0.25) is 5.02 Å². The Hall–Kier alpha value is -3.46. The summed E-state index contributed by atoms with van der Waals surface area (Å²) in [6.07, 6.45) is 3.04. The van der Waals surface area contributed by atoms with Gasteiger partial charge >= 0.3 is 0 Å². The number of pyridine rings is 1. The first-order valence-electron chi connectivity index (χ1n) is 7.73. The molecule has 0 radical (unpaired) electrons. The zero-order valence-corrected chi connectivity index (χ0v) is 15.1. The number of aromatic nitrogens is 3.